The molecule has 0 unspecified atom stereocenters. The van der Waals surface area contributed by atoms with Crippen LogP contribution in [0.4, 0.5) is 18.9 Å². The van der Waals surface area contributed by atoms with Crippen LogP contribution in [0.2, 0.25) is 10.0 Å². The molecule has 0 amide bonds. The Hall–Kier alpha value is -1.20. The highest BCUT2D eigenvalue weighted by Gasteiger charge is 2.36. The fourth-order valence-electron chi connectivity index (χ4n) is 2.12. The first-order chi connectivity index (χ1) is 9.77. The third kappa shape index (κ3) is 3.04. The molecule has 0 aliphatic heterocycles. The summed E-state index contributed by atoms with van der Waals surface area (Å²) in [6.07, 6.45) is -3.77. The first kappa shape index (κ1) is 16.2. The molecule has 0 radical (unpaired) electrons. The van der Waals surface area contributed by atoms with Crippen molar-refractivity contribution >= 4 is 39.8 Å². The summed E-state index contributed by atoms with van der Waals surface area (Å²) in [4.78, 5) is 3.69. The van der Waals surface area contributed by atoms with Crippen LogP contribution in [0.3, 0.4) is 0 Å². The van der Waals surface area contributed by atoms with Crippen molar-refractivity contribution in [1.29, 1.82) is 0 Å². The van der Waals surface area contributed by atoms with Gasteiger partial charge in [-0.15, -0.1) is 0 Å². The highest BCUT2D eigenvalue weighted by molar-refractivity contribution is 6.45. The Bertz CT molecular complexity index is 684. The number of nitrogens with one attached hydrogen (secondary N) is 1. The van der Waals surface area contributed by atoms with E-state index in [1.807, 2.05) is 6.92 Å². The lowest BCUT2D eigenvalue weighted by molar-refractivity contribution is -0.141. The Morgan fingerprint density at radius 1 is 1.24 bits per heavy atom. The summed E-state index contributed by atoms with van der Waals surface area (Å²) in [5.41, 5.74) is -0.437. The van der Waals surface area contributed by atoms with Crippen LogP contribution in [-0.2, 0) is 6.18 Å². The van der Waals surface area contributed by atoms with Gasteiger partial charge in [0.15, 0.2) is 0 Å². The number of anilines is 1. The van der Waals surface area contributed by atoms with Crippen LogP contribution >= 0.6 is 23.2 Å². The highest BCUT2D eigenvalue weighted by atomic mass is 35.5. The summed E-state index contributed by atoms with van der Waals surface area (Å²) in [6.45, 7) is 3.88. The van der Waals surface area contributed by atoms with Gasteiger partial charge < -0.3 is 5.32 Å². The van der Waals surface area contributed by atoms with E-state index in [0.29, 0.717) is 17.6 Å². The lowest BCUT2D eigenvalue weighted by atomic mass is 10.1. The normalized spacial score (nSPS) is 12.0. The van der Waals surface area contributed by atoms with Gasteiger partial charge >= 0.3 is 6.18 Å². The van der Waals surface area contributed by atoms with Crippen molar-refractivity contribution < 1.29 is 13.2 Å². The number of alkyl halides is 3. The van der Waals surface area contributed by atoms with Gasteiger partial charge in [0.25, 0.3) is 0 Å². The van der Waals surface area contributed by atoms with Gasteiger partial charge in [-0.05, 0) is 25.5 Å². The number of hydrogen-bond donors (Lipinski definition) is 1. The van der Waals surface area contributed by atoms with E-state index in [0.717, 1.165) is 6.42 Å². The van der Waals surface area contributed by atoms with Gasteiger partial charge in [0.1, 0.15) is 5.69 Å². The molecule has 2 rings (SSSR count). The van der Waals surface area contributed by atoms with Crippen molar-refractivity contribution in [3.05, 3.63) is 33.4 Å². The van der Waals surface area contributed by atoms with E-state index in [9.17, 15) is 13.2 Å². The van der Waals surface area contributed by atoms with E-state index >= 15 is 0 Å². The average Bonchev–Trinajstić information content (AvgIpc) is 2.40. The molecular weight excluding hydrogens is 324 g/mol. The predicted octanol–water partition coefficient (Wildman–Crippen LogP) is 5.69. The zero-order chi connectivity index (χ0) is 15.8. The van der Waals surface area contributed by atoms with E-state index in [4.69, 9.17) is 23.2 Å². The monoisotopic (exact) mass is 336 g/mol. The number of nitrogens with zero attached hydrogens (tertiary/aromatic N) is 1. The molecule has 1 aromatic carbocycles. The Balaban J connectivity index is 2.83. The van der Waals surface area contributed by atoms with Gasteiger partial charge in [-0.1, -0.05) is 30.1 Å². The fourth-order valence-corrected chi connectivity index (χ4v) is 2.48. The molecule has 0 aliphatic rings. The van der Waals surface area contributed by atoms with E-state index in [-0.39, 0.29) is 21.1 Å². The van der Waals surface area contributed by atoms with Crippen LogP contribution in [0.25, 0.3) is 10.9 Å². The Morgan fingerprint density at radius 2 is 1.90 bits per heavy atom. The minimum atomic E-state index is -4.55. The van der Waals surface area contributed by atoms with Gasteiger partial charge in [0.05, 0.1) is 15.6 Å². The van der Waals surface area contributed by atoms with Gasteiger partial charge in [-0.25, -0.2) is 4.98 Å². The number of hydrogen-bond acceptors (Lipinski definition) is 2. The number of pyridine rings is 1. The Kier molecular flexibility index (Phi) is 4.54. The summed E-state index contributed by atoms with van der Waals surface area (Å²) in [6, 6.07) is 3.18. The molecule has 0 saturated heterocycles. The number of rotatable bonds is 3. The van der Waals surface area contributed by atoms with E-state index < -0.39 is 11.9 Å². The number of benzene rings is 1. The van der Waals surface area contributed by atoms with E-state index in [1.165, 1.54) is 6.92 Å². The third-order valence-corrected chi connectivity index (χ3v) is 3.91. The van der Waals surface area contributed by atoms with Crippen molar-refractivity contribution in [2.45, 2.75) is 26.4 Å². The second-order valence-corrected chi connectivity index (χ2v) is 5.43. The van der Waals surface area contributed by atoms with Gasteiger partial charge in [-0.2, -0.15) is 13.2 Å². The zero-order valence-corrected chi connectivity index (χ0v) is 12.9. The van der Waals surface area contributed by atoms with E-state index in [1.54, 1.807) is 12.1 Å². The standard InChI is InChI=1S/C14H13Cl2F3N2/c1-3-6-20-11-7(2)13(14(17,18)19)21-12-8(11)4-5-9(15)10(12)16/h4-5H,3,6H2,1-2H3,(H,20,21). The molecule has 0 saturated carbocycles. The Labute approximate surface area is 130 Å². The smallest absolute Gasteiger partial charge is 0.384 e. The molecule has 1 aromatic heterocycles. The largest absolute Gasteiger partial charge is 0.433 e. The minimum Gasteiger partial charge on any atom is -0.384 e. The lowest BCUT2D eigenvalue weighted by Gasteiger charge is -2.18. The van der Waals surface area contributed by atoms with Gasteiger partial charge in [-0.3, -0.25) is 0 Å². The van der Waals surface area contributed by atoms with Crippen molar-refractivity contribution in [3.8, 4) is 0 Å². The molecule has 0 spiro atoms. The molecule has 2 nitrogen and oxygen atoms in total. The molecule has 2 aromatic rings. The summed E-state index contributed by atoms with van der Waals surface area (Å²) >= 11 is 11.9. The highest BCUT2D eigenvalue weighted by Crippen LogP contribution is 2.40. The molecule has 0 fully saturated rings. The summed E-state index contributed by atoms with van der Waals surface area (Å²) in [7, 11) is 0. The molecule has 21 heavy (non-hydrogen) atoms. The average molecular weight is 337 g/mol. The lowest BCUT2D eigenvalue weighted by Crippen LogP contribution is -2.14. The van der Waals surface area contributed by atoms with Crippen molar-refractivity contribution in [1.82, 2.24) is 4.98 Å². The maximum Gasteiger partial charge on any atom is 0.433 e. The van der Waals surface area contributed by atoms with Crippen LogP contribution in [0.5, 0.6) is 0 Å². The molecular formula is C14H13Cl2F3N2. The van der Waals surface area contributed by atoms with Gasteiger partial charge in [0.2, 0.25) is 0 Å². The zero-order valence-electron chi connectivity index (χ0n) is 11.4. The van der Waals surface area contributed by atoms with E-state index in [2.05, 4.69) is 10.3 Å². The molecule has 0 atom stereocenters. The molecule has 0 aliphatic carbocycles. The maximum atomic E-state index is 13.1. The van der Waals surface area contributed by atoms with Crippen molar-refractivity contribution in [2.75, 3.05) is 11.9 Å². The summed E-state index contributed by atoms with van der Waals surface area (Å²) in [5.74, 6) is 0. The van der Waals surface area contributed by atoms with Crippen LogP contribution in [0.15, 0.2) is 12.1 Å². The minimum absolute atomic E-state index is 0.0271. The molecule has 7 heteroatoms. The second-order valence-electron chi connectivity index (χ2n) is 4.64. The van der Waals surface area contributed by atoms with Crippen LogP contribution in [0, 0.1) is 6.92 Å². The number of halogens is 5. The van der Waals surface area contributed by atoms with Crippen LogP contribution in [-0.4, -0.2) is 11.5 Å². The quantitative estimate of drug-likeness (QED) is 0.778. The maximum absolute atomic E-state index is 13.1. The Morgan fingerprint density at radius 3 is 2.48 bits per heavy atom. The van der Waals surface area contributed by atoms with Crippen LogP contribution in [0.1, 0.15) is 24.6 Å². The van der Waals surface area contributed by atoms with Crippen molar-refractivity contribution in [3.63, 3.8) is 0 Å². The molecule has 1 heterocycles. The fraction of sp³-hybridized carbons (Fsp3) is 0.357. The SMILES string of the molecule is CCCNc1c(C)c(C(F)(F)F)nc2c(Cl)c(Cl)ccc12. The molecule has 0 bridgehead atoms. The summed E-state index contributed by atoms with van der Waals surface area (Å²) in [5, 5.41) is 3.76. The summed E-state index contributed by atoms with van der Waals surface area (Å²) < 4.78 is 39.4. The first-order valence-corrected chi connectivity index (χ1v) is 7.12. The number of aromatic nitrogens is 1. The van der Waals surface area contributed by atoms with Crippen molar-refractivity contribution in [2.24, 2.45) is 0 Å². The van der Waals surface area contributed by atoms with Gasteiger partial charge in [0, 0.05) is 23.2 Å². The molecule has 1 N–H and O–H groups in total. The predicted molar refractivity (Wildman–Crippen MR) is 80.3 cm³/mol. The topological polar surface area (TPSA) is 24.9 Å². The second kappa shape index (κ2) is 5.89. The third-order valence-electron chi connectivity index (χ3n) is 3.11. The first-order valence-electron chi connectivity index (χ1n) is 6.36. The molecule has 114 valence electrons. The van der Waals surface area contributed by atoms with Crippen LogP contribution < -0.4 is 5.32 Å². The number of fused-ring (bicyclic) bond motifs is 1.